The summed E-state index contributed by atoms with van der Waals surface area (Å²) in [7, 11) is 0. The van der Waals surface area contributed by atoms with Crippen LogP contribution in [0.15, 0.2) is 54.6 Å². The number of nitro groups is 1. The molecule has 2 rings (SSSR count). The fourth-order valence-electron chi connectivity index (χ4n) is 2.27. The molecule has 0 fully saturated rings. The van der Waals surface area contributed by atoms with Gasteiger partial charge < -0.3 is 5.32 Å². The molecule has 0 aromatic heterocycles. The van der Waals surface area contributed by atoms with Gasteiger partial charge in [0.05, 0.1) is 4.92 Å². The number of hydrogen-bond acceptors (Lipinski definition) is 3. The third-order valence-corrected chi connectivity index (χ3v) is 3.46. The number of aryl methyl sites for hydroxylation is 1. The van der Waals surface area contributed by atoms with E-state index in [0.717, 1.165) is 12.8 Å². The molecule has 21 heavy (non-hydrogen) atoms. The molecule has 2 aromatic rings. The summed E-state index contributed by atoms with van der Waals surface area (Å²) in [6, 6.07) is 17.0. The molecule has 0 saturated heterocycles. The van der Waals surface area contributed by atoms with Crippen molar-refractivity contribution in [3.8, 4) is 0 Å². The van der Waals surface area contributed by atoms with Crippen molar-refractivity contribution < 1.29 is 4.92 Å². The number of anilines is 1. The molecular weight excluding hydrogens is 264 g/mol. The second kappa shape index (κ2) is 6.39. The fourth-order valence-corrected chi connectivity index (χ4v) is 2.27. The quantitative estimate of drug-likeness (QED) is 0.631. The van der Waals surface area contributed by atoms with Crippen molar-refractivity contribution in [2.45, 2.75) is 32.2 Å². The van der Waals surface area contributed by atoms with Crippen LogP contribution < -0.4 is 5.32 Å². The molecule has 0 bridgehead atoms. The molecule has 0 aliphatic rings. The highest BCUT2D eigenvalue weighted by atomic mass is 16.6. The van der Waals surface area contributed by atoms with Crippen molar-refractivity contribution in [1.82, 2.24) is 0 Å². The Kier molecular flexibility index (Phi) is 4.58. The Morgan fingerprint density at radius 1 is 1.05 bits per heavy atom. The molecule has 4 nitrogen and oxygen atoms in total. The lowest BCUT2D eigenvalue weighted by Crippen LogP contribution is -2.31. The number of nitrogens with zero attached hydrogens (tertiary/aromatic N) is 1. The van der Waals surface area contributed by atoms with Crippen molar-refractivity contribution >= 4 is 11.4 Å². The van der Waals surface area contributed by atoms with Crippen LogP contribution in [0.3, 0.4) is 0 Å². The van der Waals surface area contributed by atoms with Gasteiger partial charge in [-0.15, -0.1) is 0 Å². The molecule has 0 heterocycles. The standard InChI is InChI=1S/C17H20N2O2/c1-17(2,13-12-14-8-4-3-5-9-14)18-15-10-6-7-11-16(15)19(20)21/h3-11,18H,12-13H2,1-2H3. The number of nitro benzene ring substituents is 1. The van der Waals surface area contributed by atoms with Crippen LogP contribution in [0.2, 0.25) is 0 Å². The highest BCUT2D eigenvalue weighted by Gasteiger charge is 2.21. The van der Waals surface area contributed by atoms with Crippen LogP contribution in [0.5, 0.6) is 0 Å². The number of nitrogens with one attached hydrogen (secondary N) is 1. The molecule has 0 amide bonds. The second-order valence-corrected chi connectivity index (χ2v) is 5.77. The van der Waals surface area contributed by atoms with Gasteiger partial charge in [0, 0.05) is 11.6 Å². The minimum Gasteiger partial charge on any atom is -0.375 e. The molecule has 0 unspecified atom stereocenters. The van der Waals surface area contributed by atoms with Crippen molar-refractivity contribution in [2.75, 3.05) is 5.32 Å². The molecule has 0 saturated carbocycles. The highest BCUT2D eigenvalue weighted by Crippen LogP contribution is 2.28. The van der Waals surface area contributed by atoms with Crippen LogP contribution in [0.4, 0.5) is 11.4 Å². The van der Waals surface area contributed by atoms with E-state index in [4.69, 9.17) is 0 Å². The van der Waals surface area contributed by atoms with Gasteiger partial charge in [-0.05, 0) is 38.3 Å². The molecule has 1 N–H and O–H groups in total. The third kappa shape index (κ3) is 4.31. The lowest BCUT2D eigenvalue weighted by molar-refractivity contribution is -0.384. The Hall–Kier alpha value is -2.36. The smallest absolute Gasteiger partial charge is 0.292 e. The summed E-state index contributed by atoms with van der Waals surface area (Å²) in [5.74, 6) is 0. The van der Waals surface area contributed by atoms with Gasteiger partial charge in [-0.2, -0.15) is 0 Å². The van der Waals surface area contributed by atoms with Gasteiger partial charge in [0.1, 0.15) is 5.69 Å². The first kappa shape index (κ1) is 15.0. The van der Waals surface area contributed by atoms with E-state index in [1.165, 1.54) is 11.6 Å². The monoisotopic (exact) mass is 284 g/mol. The largest absolute Gasteiger partial charge is 0.375 e. The molecule has 2 aromatic carbocycles. The van der Waals surface area contributed by atoms with E-state index in [2.05, 4.69) is 31.3 Å². The summed E-state index contributed by atoms with van der Waals surface area (Å²) in [6.07, 6.45) is 1.82. The van der Waals surface area contributed by atoms with Gasteiger partial charge >= 0.3 is 0 Å². The molecule has 0 radical (unpaired) electrons. The maximum absolute atomic E-state index is 11.1. The number of para-hydroxylation sites is 2. The first-order valence-electron chi connectivity index (χ1n) is 7.03. The van der Waals surface area contributed by atoms with E-state index in [0.29, 0.717) is 5.69 Å². The molecule has 110 valence electrons. The minimum absolute atomic E-state index is 0.116. The highest BCUT2D eigenvalue weighted by molar-refractivity contribution is 5.62. The summed E-state index contributed by atoms with van der Waals surface area (Å²) >= 11 is 0. The van der Waals surface area contributed by atoms with E-state index >= 15 is 0 Å². The van der Waals surface area contributed by atoms with Crippen LogP contribution in [-0.4, -0.2) is 10.5 Å². The molecule has 0 spiro atoms. The predicted octanol–water partition coefficient (Wildman–Crippen LogP) is 4.42. The van der Waals surface area contributed by atoms with Crippen molar-refractivity contribution in [3.63, 3.8) is 0 Å². The average molecular weight is 284 g/mol. The van der Waals surface area contributed by atoms with E-state index in [1.54, 1.807) is 12.1 Å². The Balaban J connectivity index is 2.05. The lowest BCUT2D eigenvalue weighted by Gasteiger charge is -2.27. The summed E-state index contributed by atoms with van der Waals surface area (Å²) in [5, 5.41) is 14.3. The Morgan fingerprint density at radius 2 is 1.67 bits per heavy atom. The van der Waals surface area contributed by atoms with Gasteiger partial charge in [-0.25, -0.2) is 0 Å². The fraction of sp³-hybridized carbons (Fsp3) is 0.294. The topological polar surface area (TPSA) is 55.2 Å². The first-order chi connectivity index (χ1) is 9.98. The maximum atomic E-state index is 11.1. The zero-order valence-electron chi connectivity index (χ0n) is 12.4. The predicted molar refractivity (Wildman–Crippen MR) is 85.6 cm³/mol. The summed E-state index contributed by atoms with van der Waals surface area (Å²) in [6.45, 7) is 4.12. The number of benzene rings is 2. The maximum Gasteiger partial charge on any atom is 0.292 e. The summed E-state index contributed by atoms with van der Waals surface area (Å²) in [4.78, 5) is 10.7. The molecule has 0 aliphatic heterocycles. The van der Waals surface area contributed by atoms with E-state index in [9.17, 15) is 10.1 Å². The SMILES string of the molecule is CC(C)(CCc1ccccc1)Nc1ccccc1[N+](=O)[O-]. The van der Waals surface area contributed by atoms with Crippen LogP contribution in [0.25, 0.3) is 0 Å². The Bertz CT molecular complexity index is 609. The Morgan fingerprint density at radius 3 is 2.33 bits per heavy atom. The van der Waals surface area contributed by atoms with Gasteiger partial charge in [-0.1, -0.05) is 42.5 Å². The van der Waals surface area contributed by atoms with E-state index < -0.39 is 0 Å². The van der Waals surface area contributed by atoms with Crippen LogP contribution in [-0.2, 0) is 6.42 Å². The summed E-state index contributed by atoms with van der Waals surface area (Å²) in [5.41, 5.74) is 1.74. The molecule has 4 heteroatoms. The number of rotatable bonds is 6. The minimum atomic E-state index is -0.352. The third-order valence-electron chi connectivity index (χ3n) is 3.46. The second-order valence-electron chi connectivity index (χ2n) is 5.77. The van der Waals surface area contributed by atoms with Gasteiger partial charge in [-0.3, -0.25) is 10.1 Å². The van der Waals surface area contributed by atoms with Crippen LogP contribution in [0, 0.1) is 10.1 Å². The normalized spacial score (nSPS) is 11.1. The zero-order valence-corrected chi connectivity index (χ0v) is 12.4. The van der Waals surface area contributed by atoms with Crippen molar-refractivity contribution in [3.05, 3.63) is 70.3 Å². The molecule has 0 aliphatic carbocycles. The van der Waals surface area contributed by atoms with Crippen LogP contribution in [0.1, 0.15) is 25.8 Å². The molecule has 0 atom stereocenters. The zero-order chi connectivity index (χ0) is 15.3. The van der Waals surface area contributed by atoms with Crippen molar-refractivity contribution in [1.29, 1.82) is 0 Å². The molecular formula is C17H20N2O2. The van der Waals surface area contributed by atoms with E-state index in [1.807, 2.05) is 24.3 Å². The van der Waals surface area contributed by atoms with Gasteiger partial charge in [0.15, 0.2) is 0 Å². The number of hydrogen-bond donors (Lipinski definition) is 1. The Labute approximate surface area is 125 Å². The van der Waals surface area contributed by atoms with Gasteiger partial charge in [0.25, 0.3) is 5.69 Å². The van der Waals surface area contributed by atoms with Gasteiger partial charge in [0.2, 0.25) is 0 Å². The van der Waals surface area contributed by atoms with Crippen molar-refractivity contribution in [2.24, 2.45) is 0 Å². The first-order valence-corrected chi connectivity index (χ1v) is 7.03. The van der Waals surface area contributed by atoms with Crippen LogP contribution >= 0.6 is 0 Å². The average Bonchev–Trinajstić information content (AvgIpc) is 2.46. The lowest BCUT2D eigenvalue weighted by atomic mass is 9.95. The van der Waals surface area contributed by atoms with E-state index in [-0.39, 0.29) is 16.1 Å². The summed E-state index contributed by atoms with van der Waals surface area (Å²) < 4.78 is 0.